The molecule has 4 nitrogen and oxygen atoms in total. The Bertz CT molecular complexity index is 685. The van der Waals surface area contributed by atoms with Crippen LogP contribution in [0.25, 0.3) is 10.9 Å². The number of alkyl halides is 3. The maximum atomic E-state index is 12.8. The Morgan fingerprint density at radius 2 is 1.89 bits per heavy atom. The van der Waals surface area contributed by atoms with Crippen molar-refractivity contribution < 1.29 is 27.9 Å². The summed E-state index contributed by atoms with van der Waals surface area (Å²) >= 11 is 0. The molecule has 0 radical (unpaired) electrons. The first-order chi connectivity index (χ1) is 8.71. The van der Waals surface area contributed by atoms with Gasteiger partial charge in [0.1, 0.15) is 5.69 Å². The third-order valence-corrected chi connectivity index (χ3v) is 2.66. The number of carbonyl (C=O) groups excluding carboxylic acids is 1. The van der Waals surface area contributed by atoms with Crippen molar-refractivity contribution in [2.45, 2.75) is 13.1 Å². The molecular weight excluding hydrogens is 263 g/mol. The fraction of sp³-hybridized carbons (Fsp3) is 0.167. The minimum Gasteiger partial charge on any atom is -0.475 e. The second-order valence-electron chi connectivity index (χ2n) is 4.06. The van der Waals surface area contributed by atoms with Gasteiger partial charge in [-0.05, 0) is 18.6 Å². The van der Waals surface area contributed by atoms with E-state index in [1.807, 2.05) is 0 Å². The zero-order chi connectivity index (χ0) is 14.4. The van der Waals surface area contributed by atoms with Crippen molar-refractivity contribution in [3.63, 3.8) is 0 Å². The van der Waals surface area contributed by atoms with Crippen LogP contribution >= 0.6 is 0 Å². The molecule has 0 fully saturated rings. The molecular formula is C12H8F3NO3. The van der Waals surface area contributed by atoms with Gasteiger partial charge in [0.2, 0.25) is 0 Å². The highest BCUT2D eigenvalue weighted by molar-refractivity contribution is 6.42. The van der Waals surface area contributed by atoms with Gasteiger partial charge >= 0.3 is 12.1 Å². The smallest absolute Gasteiger partial charge is 0.432 e. The molecule has 0 aliphatic rings. The highest BCUT2D eigenvalue weighted by Gasteiger charge is 2.39. The summed E-state index contributed by atoms with van der Waals surface area (Å²) in [5.41, 5.74) is -1.41. The molecule has 0 bridgehead atoms. The van der Waals surface area contributed by atoms with Crippen LogP contribution in [0.15, 0.2) is 18.2 Å². The number of hydrogen-bond acceptors (Lipinski definition) is 2. The number of benzene rings is 1. The minimum absolute atomic E-state index is 0.0506. The molecule has 100 valence electrons. The number of aryl methyl sites for hydroxylation is 1. The molecule has 0 atom stereocenters. The summed E-state index contributed by atoms with van der Waals surface area (Å²) in [6.07, 6.45) is -4.83. The molecule has 2 rings (SSSR count). The average molecular weight is 271 g/mol. The molecule has 2 aromatic rings. The van der Waals surface area contributed by atoms with Crippen LogP contribution in [-0.4, -0.2) is 21.8 Å². The van der Waals surface area contributed by atoms with Crippen molar-refractivity contribution >= 4 is 22.7 Å². The number of ketones is 1. The average Bonchev–Trinajstić information content (AvgIpc) is 2.65. The zero-order valence-electron chi connectivity index (χ0n) is 9.63. The van der Waals surface area contributed by atoms with Crippen molar-refractivity contribution in [3.05, 3.63) is 35.0 Å². The number of halogens is 3. The van der Waals surface area contributed by atoms with Crippen LogP contribution < -0.4 is 0 Å². The van der Waals surface area contributed by atoms with Gasteiger partial charge in [-0.15, -0.1) is 0 Å². The lowest BCUT2D eigenvalue weighted by Crippen LogP contribution is -2.18. The van der Waals surface area contributed by atoms with Gasteiger partial charge in [0.05, 0.1) is 5.56 Å². The third kappa shape index (κ3) is 2.18. The largest absolute Gasteiger partial charge is 0.475 e. The highest BCUT2D eigenvalue weighted by Crippen LogP contribution is 2.36. The molecule has 0 amide bonds. The first kappa shape index (κ1) is 13.1. The number of carbonyl (C=O) groups is 2. The number of carboxylic acid groups (broad SMARTS) is 1. The van der Waals surface area contributed by atoms with Gasteiger partial charge in [0.25, 0.3) is 5.78 Å². The summed E-state index contributed by atoms with van der Waals surface area (Å²) in [4.78, 5) is 24.2. The molecule has 0 spiro atoms. The summed E-state index contributed by atoms with van der Waals surface area (Å²) in [6, 6.07) is 4.23. The number of fused-ring (bicyclic) bond motifs is 1. The monoisotopic (exact) mass is 271 g/mol. The first-order valence-corrected chi connectivity index (χ1v) is 5.19. The van der Waals surface area contributed by atoms with E-state index in [2.05, 4.69) is 4.98 Å². The van der Waals surface area contributed by atoms with Crippen LogP contribution in [0.1, 0.15) is 21.6 Å². The molecule has 0 aliphatic heterocycles. The zero-order valence-corrected chi connectivity index (χ0v) is 9.63. The molecule has 1 aromatic heterocycles. The second-order valence-corrected chi connectivity index (χ2v) is 4.06. The number of nitrogens with one attached hydrogen (secondary N) is 1. The van der Waals surface area contributed by atoms with E-state index in [1.165, 1.54) is 18.2 Å². The number of aliphatic carboxylic acids is 1. The van der Waals surface area contributed by atoms with E-state index >= 15 is 0 Å². The summed E-state index contributed by atoms with van der Waals surface area (Å²) in [7, 11) is 0. The van der Waals surface area contributed by atoms with Gasteiger partial charge in [0.15, 0.2) is 0 Å². The minimum atomic E-state index is -4.83. The van der Waals surface area contributed by atoms with Gasteiger partial charge in [-0.2, -0.15) is 13.2 Å². The number of aromatic nitrogens is 1. The first-order valence-electron chi connectivity index (χ1n) is 5.19. The molecule has 7 heteroatoms. The van der Waals surface area contributed by atoms with Gasteiger partial charge in [-0.1, -0.05) is 12.1 Å². The quantitative estimate of drug-likeness (QED) is 0.651. The fourth-order valence-electron chi connectivity index (χ4n) is 1.87. The molecule has 2 N–H and O–H groups in total. The maximum absolute atomic E-state index is 12.8. The predicted octanol–water partition coefficient (Wildman–Crippen LogP) is 2.76. The number of H-pyrrole nitrogens is 1. The molecule has 0 saturated heterocycles. The molecule has 1 aromatic carbocycles. The summed E-state index contributed by atoms with van der Waals surface area (Å²) in [5, 5.41) is 8.58. The Morgan fingerprint density at radius 1 is 1.26 bits per heavy atom. The molecule has 0 aliphatic carbocycles. The summed E-state index contributed by atoms with van der Waals surface area (Å²) < 4.78 is 38.5. The number of carboxylic acids is 1. The Hall–Kier alpha value is -2.31. The summed E-state index contributed by atoms with van der Waals surface area (Å²) in [5.74, 6) is -3.51. The Kier molecular flexibility index (Phi) is 2.84. The predicted molar refractivity (Wildman–Crippen MR) is 60.0 cm³/mol. The van der Waals surface area contributed by atoms with Crippen molar-refractivity contribution in [2.24, 2.45) is 0 Å². The van der Waals surface area contributed by atoms with Gasteiger partial charge < -0.3 is 10.1 Å². The standard InChI is InChI=1S/C12H8F3NO3/c1-5-2-3-6-7(4-5)16-10(12(13,14)15)8(6)9(17)11(18)19/h2-4,16H,1H3,(H,18,19). The van der Waals surface area contributed by atoms with Gasteiger partial charge in [-0.25, -0.2) is 4.79 Å². The van der Waals surface area contributed by atoms with Crippen LogP contribution in [0.4, 0.5) is 13.2 Å². The Labute approximate surface area is 104 Å². The van der Waals surface area contributed by atoms with E-state index in [0.717, 1.165) is 0 Å². The van der Waals surface area contributed by atoms with Crippen LogP contribution in [0.5, 0.6) is 0 Å². The lowest BCUT2D eigenvalue weighted by atomic mass is 10.0. The fourth-order valence-corrected chi connectivity index (χ4v) is 1.87. The van der Waals surface area contributed by atoms with Gasteiger partial charge in [0, 0.05) is 10.9 Å². The van der Waals surface area contributed by atoms with E-state index < -0.39 is 29.2 Å². The van der Waals surface area contributed by atoms with E-state index in [1.54, 1.807) is 6.92 Å². The normalized spacial score (nSPS) is 11.8. The third-order valence-electron chi connectivity index (χ3n) is 2.66. The molecule has 0 unspecified atom stereocenters. The maximum Gasteiger partial charge on any atom is 0.432 e. The molecule has 0 saturated carbocycles. The molecule has 1 heterocycles. The second kappa shape index (κ2) is 4.11. The summed E-state index contributed by atoms with van der Waals surface area (Å²) in [6.45, 7) is 1.67. The highest BCUT2D eigenvalue weighted by atomic mass is 19.4. The van der Waals surface area contributed by atoms with Gasteiger partial charge in [-0.3, -0.25) is 4.79 Å². The van der Waals surface area contributed by atoms with E-state index in [4.69, 9.17) is 5.11 Å². The van der Waals surface area contributed by atoms with Crippen LogP contribution in [0.2, 0.25) is 0 Å². The van der Waals surface area contributed by atoms with E-state index in [0.29, 0.717) is 5.56 Å². The van der Waals surface area contributed by atoms with Crippen LogP contribution in [0, 0.1) is 6.92 Å². The Balaban J connectivity index is 2.84. The van der Waals surface area contributed by atoms with Crippen molar-refractivity contribution in [3.8, 4) is 0 Å². The Morgan fingerprint density at radius 3 is 2.42 bits per heavy atom. The number of Topliss-reactive ketones (excluding diaryl/α,β-unsaturated/α-hetero) is 1. The number of aromatic amines is 1. The lowest BCUT2D eigenvalue weighted by molar-refractivity contribution is -0.141. The topological polar surface area (TPSA) is 70.2 Å². The molecule has 19 heavy (non-hydrogen) atoms. The lowest BCUT2D eigenvalue weighted by Gasteiger charge is -2.05. The van der Waals surface area contributed by atoms with Crippen molar-refractivity contribution in [1.29, 1.82) is 0 Å². The van der Waals surface area contributed by atoms with Crippen molar-refractivity contribution in [2.75, 3.05) is 0 Å². The van der Waals surface area contributed by atoms with Crippen molar-refractivity contribution in [1.82, 2.24) is 4.98 Å². The van der Waals surface area contributed by atoms with Crippen LogP contribution in [-0.2, 0) is 11.0 Å². The van der Waals surface area contributed by atoms with E-state index in [-0.39, 0.29) is 10.9 Å². The van der Waals surface area contributed by atoms with E-state index in [9.17, 15) is 22.8 Å². The van der Waals surface area contributed by atoms with Crippen LogP contribution in [0.3, 0.4) is 0 Å². The SMILES string of the molecule is Cc1ccc2c(C(=O)C(=O)O)c(C(F)(F)F)[nH]c2c1. The number of rotatable bonds is 2. The number of hydrogen-bond donors (Lipinski definition) is 2.